The first kappa shape index (κ1) is 15.4. The lowest BCUT2D eigenvalue weighted by Crippen LogP contribution is -2.35. The van der Waals surface area contributed by atoms with Crippen molar-refractivity contribution in [3.63, 3.8) is 0 Å². The highest BCUT2D eigenvalue weighted by molar-refractivity contribution is 7.80. The second-order valence-corrected chi connectivity index (χ2v) is 5.07. The number of unbranched alkanes of at least 4 members (excludes halogenated alkanes) is 1. The molecule has 0 atom stereocenters. The van der Waals surface area contributed by atoms with E-state index in [1.165, 1.54) is 0 Å². The molecule has 4 N–H and O–H groups in total. The first-order valence-corrected chi connectivity index (χ1v) is 6.80. The molecule has 1 amide bonds. The molecule has 0 radical (unpaired) electrons. The molecule has 0 aliphatic carbocycles. The summed E-state index contributed by atoms with van der Waals surface area (Å²) in [5.41, 5.74) is 13.8. The van der Waals surface area contributed by atoms with Crippen LogP contribution in [0.5, 0.6) is 0 Å². The molecule has 1 aromatic carbocycles. The molecule has 0 spiro atoms. The highest BCUT2D eigenvalue weighted by atomic mass is 32.1. The summed E-state index contributed by atoms with van der Waals surface area (Å²) < 4.78 is 0. The Morgan fingerprint density at radius 2 is 2.05 bits per heavy atom. The maximum atomic E-state index is 11.2. The normalized spacial score (nSPS) is 10.2. The van der Waals surface area contributed by atoms with Gasteiger partial charge in [0.15, 0.2) is 0 Å². The average Bonchev–Trinajstić information content (AvgIpc) is 2.34. The van der Waals surface area contributed by atoms with Gasteiger partial charge >= 0.3 is 0 Å². The number of carbonyl (C=O) groups is 1. The summed E-state index contributed by atoms with van der Waals surface area (Å²) in [6.07, 6.45) is 2.03. The number of carbonyl (C=O) groups excluding carboxylic acids is 1. The van der Waals surface area contributed by atoms with E-state index in [2.05, 4.69) is 6.92 Å². The quantitative estimate of drug-likeness (QED) is 0.745. The molecule has 104 valence electrons. The molecule has 0 saturated heterocycles. The molecular formula is C14H21N3OS. The lowest BCUT2D eigenvalue weighted by Gasteiger charge is -2.25. The van der Waals surface area contributed by atoms with E-state index in [0.717, 1.165) is 36.2 Å². The zero-order valence-corrected chi connectivity index (χ0v) is 12.3. The molecule has 0 unspecified atom stereocenters. The Morgan fingerprint density at radius 3 is 2.58 bits per heavy atom. The highest BCUT2D eigenvalue weighted by Crippen LogP contribution is 2.22. The van der Waals surface area contributed by atoms with Crippen molar-refractivity contribution in [1.82, 2.24) is 0 Å². The van der Waals surface area contributed by atoms with Crippen LogP contribution in [0.25, 0.3) is 0 Å². The monoisotopic (exact) mass is 279 g/mol. The van der Waals surface area contributed by atoms with Crippen LogP contribution in [-0.4, -0.2) is 24.0 Å². The van der Waals surface area contributed by atoms with Crippen molar-refractivity contribution >= 4 is 28.8 Å². The summed E-state index contributed by atoms with van der Waals surface area (Å²) in [5, 5.41) is 0. The van der Waals surface area contributed by atoms with E-state index < -0.39 is 0 Å². The molecule has 1 aromatic rings. The first-order chi connectivity index (χ1) is 8.95. The Morgan fingerprint density at radius 1 is 1.37 bits per heavy atom. The van der Waals surface area contributed by atoms with Crippen LogP contribution in [0.2, 0.25) is 0 Å². The van der Waals surface area contributed by atoms with Crippen LogP contribution in [0.4, 0.5) is 5.69 Å². The summed E-state index contributed by atoms with van der Waals surface area (Å²) in [7, 11) is 0. The molecule has 4 nitrogen and oxygen atoms in total. The number of rotatable bonds is 7. The molecule has 0 saturated carbocycles. The molecule has 0 aromatic heterocycles. The molecule has 0 fully saturated rings. The van der Waals surface area contributed by atoms with Crippen molar-refractivity contribution in [3.8, 4) is 0 Å². The minimum Gasteiger partial charge on any atom is -0.389 e. The number of primary amides is 1. The molecule has 0 heterocycles. The van der Waals surface area contributed by atoms with Gasteiger partial charge < -0.3 is 16.4 Å². The van der Waals surface area contributed by atoms with Gasteiger partial charge in [0.05, 0.1) is 6.54 Å². The molecule has 5 heteroatoms. The van der Waals surface area contributed by atoms with Gasteiger partial charge in [0.2, 0.25) is 5.91 Å². The number of aryl methyl sites for hydroxylation is 1. The number of amides is 1. The zero-order chi connectivity index (χ0) is 14.4. The van der Waals surface area contributed by atoms with Crippen molar-refractivity contribution in [1.29, 1.82) is 0 Å². The highest BCUT2D eigenvalue weighted by Gasteiger charge is 2.14. The van der Waals surface area contributed by atoms with Gasteiger partial charge in [-0.15, -0.1) is 0 Å². The number of nitrogens with two attached hydrogens (primary N) is 2. The maximum absolute atomic E-state index is 11.2. The third-order valence-electron chi connectivity index (χ3n) is 2.89. The van der Waals surface area contributed by atoms with Crippen LogP contribution in [0.3, 0.4) is 0 Å². The average molecular weight is 279 g/mol. The fraction of sp³-hybridized carbons (Fsp3) is 0.429. The lowest BCUT2D eigenvalue weighted by molar-refractivity contribution is -0.116. The van der Waals surface area contributed by atoms with Crippen molar-refractivity contribution < 1.29 is 4.79 Å². The van der Waals surface area contributed by atoms with Gasteiger partial charge in [-0.1, -0.05) is 37.2 Å². The summed E-state index contributed by atoms with van der Waals surface area (Å²) >= 11 is 5.09. The van der Waals surface area contributed by atoms with E-state index in [0.29, 0.717) is 4.99 Å². The predicted molar refractivity (Wildman–Crippen MR) is 83.4 cm³/mol. The van der Waals surface area contributed by atoms with Crippen molar-refractivity contribution in [2.45, 2.75) is 26.7 Å². The molecule has 0 bridgehead atoms. The molecule has 1 rings (SSSR count). The number of hydrogen-bond acceptors (Lipinski definition) is 3. The van der Waals surface area contributed by atoms with Gasteiger partial charge in [-0.3, -0.25) is 4.79 Å². The van der Waals surface area contributed by atoms with E-state index in [9.17, 15) is 4.79 Å². The number of anilines is 1. The number of nitrogens with zero attached hydrogens (tertiary/aromatic N) is 1. The standard InChI is InChI=1S/C14H21N3OS/c1-3-4-7-17(9-13(15)18)12-6-5-10(2)8-11(12)14(16)19/h5-6,8H,3-4,7,9H2,1-2H3,(H2,15,18)(H2,16,19). The second-order valence-electron chi connectivity index (χ2n) is 4.63. The van der Waals surface area contributed by atoms with E-state index in [1.807, 2.05) is 30.0 Å². The van der Waals surface area contributed by atoms with E-state index in [1.54, 1.807) is 0 Å². The predicted octanol–water partition coefficient (Wildman–Crippen LogP) is 1.72. The van der Waals surface area contributed by atoms with Crippen LogP contribution in [-0.2, 0) is 4.79 Å². The SMILES string of the molecule is CCCCN(CC(N)=O)c1ccc(C)cc1C(N)=S. The Hall–Kier alpha value is -1.62. The third-order valence-corrected chi connectivity index (χ3v) is 3.11. The summed E-state index contributed by atoms with van der Waals surface area (Å²) in [6, 6.07) is 5.87. The van der Waals surface area contributed by atoms with Crippen LogP contribution in [0, 0.1) is 6.92 Å². The van der Waals surface area contributed by atoms with Crippen LogP contribution >= 0.6 is 12.2 Å². The molecule has 19 heavy (non-hydrogen) atoms. The Bertz CT molecular complexity index is 474. The van der Waals surface area contributed by atoms with Gasteiger partial charge in [-0.2, -0.15) is 0 Å². The Kier molecular flexibility index (Phi) is 5.76. The van der Waals surface area contributed by atoms with Crippen LogP contribution < -0.4 is 16.4 Å². The van der Waals surface area contributed by atoms with Gasteiger partial charge in [0.1, 0.15) is 4.99 Å². The molecule has 0 aliphatic heterocycles. The lowest BCUT2D eigenvalue weighted by atomic mass is 10.1. The maximum Gasteiger partial charge on any atom is 0.236 e. The van der Waals surface area contributed by atoms with E-state index in [-0.39, 0.29) is 12.5 Å². The smallest absolute Gasteiger partial charge is 0.236 e. The Labute approximate surface area is 119 Å². The van der Waals surface area contributed by atoms with Gasteiger partial charge in [-0.25, -0.2) is 0 Å². The third kappa shape index (κ3) is 4.52. The van der Waals surface area contributed by atoms with Gasteiger partial charge in [0.25, 0.3) is 0 Å². The fourth-order valence-corrected chi connectivity index (χ4v) is 2.11. The minimum atomic E-state index is -0.356. The Balaban J connectivity index is 3.12. The molecule has 0 aliphatic rings. The number of benzene rings is 1. The van der Waals surface area contributed by atoms with Crippen molar-refractivity contribution in [2.24, 2.45) is 11.5 Å². The zero-order valence-electron chi connectivity index (χ0n) is 11.5. The summed E-state index contributed by atoms with van der Waals surface area (Å²) in [4.78, 5) is 13.5. The number of thiocarbonyl (C=S) groups is 1. The van der Waals surface area contributed by atoms with Crippen LogP contribution in [0.1, 0.15) is 30.9 Å². The largest absolute Gasteiger partial charge is 0.389 e. The fourth-order valence-electron chi connectivity index (χ4n) is 1.94. The van der Waals surface area contributed by atoms with E-state index >= 15 is 0 Å². The second kappa shape index (κ2) is 7.09. The minimum absolute atomic E-state index is 0.179. The topological polar surface area (TPSA) is 72.3 Å². The molecular weight excluding hydrogens is 258 g/mol. The first-order valence-electron chi connectivity index (χ1n) is 6.39. The van der Waals surface area contributed by atoms with Crippen molar-refractivity contribution in [2.75, 3.05) is 18.0 Å². The summed E-state index contributed by atoms with van der Waals surface area (Å²) in [6.45, 7) is 5.03. The number of hydrogen-bond donors (Lipinski definition) is 2. The van der Waals surface area contributed by atoms with E-state index in [4.69, 9.17) is 23.7 Å². The van der Waals surface area contributed by atoms with Crippen LogP contribution in [0.15, 0.2) is 18.2 Å². The van der Waals surface area contributed by atoms with Gasteiger partial charge in [0, 0.05) is 17.8 Å². The van der Waals surface area contributed by atoms with Gasteiger partial charge in [-0.05, 0) is 25.5 Å². The van der Waals surface area contributed by atoms with Crippen molar-refractivity contribution in [3.05, 3.63) is 29.3 Å². The summed E-state index contributed by atoms with van der Waals surface area (Å²) in [5.74, 6) is -0.356.